The number of hydrogen-bond acceptors (Lipinski definition) is 4. The number of hydrogen-bond donors (Lipinski definition) is 1. The van der Waals surface area contributed by atoms with Gasteiger partial charge in [-0.3, -0.25) is 9.69 Å². The predicted molar refractivity (Wildman–Crippen MR) is 83.3 cm³/mol. The molecule has 23 heavy (non-hydrogen) atoms. The summed E-state index contributed by atoms with van der Waals surface area (Å²) in [6.45, 7) is 3.05. The molecule has 0 radical (unpaired) electrons. The Morgan fingerprint density at radius 3 is 3.00 bits per heavy atom. The molecule has 0 unspecified atom stereocenters. The summed E-state index contributed by atoms with van der Waals surface area (Å²) < 4.78 is 25.4. The quantitative estimate of drug-likeness (QED) is 0.899. The van der Waals surface area contributed by atoms with Crippen LogP contribution in [0.2, 0.25) is 0 Å². The van der Waals surface area contributed by atoms with Crippen LogP contribution in [0.4, 0.5) is 4.39 Å². The molecule has 2 aliphatic rings. The molecule has 2 fully saturated rings. The molecule has 0 saturated carbocycles. The van der Waals surface area contributed by atoms with E-state index in [1.54, 1.807) is 18.2 Å². The summed E-state index contributed by atoms with van der Waals surface area (Å²) in [5.74, 6) is -0.508. The van der Waals surface area contributed by atoms with Gasteiger partial charge in [-0.15, -0.1) is 0 Å². The van der Waals surface area contributed by atoms with E-state index >= 15 is 0 Å². The van der Waals surface area contributed by atoms with Gasteiger partial charge in [0.15, 0.2) is 6.29 Å². The highest BCUT2D eigenvalue weighted by molar-refractivity contribution is 5.84. The molecule has 6 heteroatoms. The number of carbonyl (C=O) groups is 1. The lowest BCUT2D eigenvalue weighted by atomic mass is 10.0. The molecule has 0 bridgehead atoms. The van der Waals surface area contributed by atoms with Crippen molar-refractivity contribution in [1.29, 1.82) is 0 Å². The molecule has 0 aliphatic carbocycles. The normalized spacial score (nSPS) is 26.0. The van der Waals surface area contributed by atoms with Gasteiger partial charge < -0.3 is 14.8 Å². The number of amides is 1. The largest absolute Gasteiger partial charge is 0.353 e. The fraction of sp³-hybridized carbons (Fsp3) is 0.588. The lowest BCUT2D eigenvalue weighted by Crippen LogP contribution is -2.51. The van der Waals surface area contributed by atoms with E-state index in [1.165, 1.54) is 6.07 Å². The summed E-state index contributed by atoms with van der Waals surface area (Å²) in [5.41, 5.74) is 0.415. The summed E-state index contributed by atoms with van der Waals surface area (Å²) in [5, 5.41) is 2.81. The van der Waals surface area contributed by atoms with Crippen LogP contribution in [-0.4, -0.2) is 49.9 Å². The Balaban J connectivity index is 1.61. The lowest BCUT2D eigenvalue weighted by Gasteiger charge is -2.35. The second-order valence-corrected chi connectivity index (χ2v) is 5.92. The monoisotopic (exact) mass is 322 g/mol. The SMILES string of the molecule is O=C1NCCN(CCO[C@@H]2CCCCO2)[C@@H]1c1ccccc1F. The Labute approximate surface area is 135 Å². The number of piperazine rings is 1. The van der Waals surface area contributed by atoms with Crippen molar-refractivity contribution in [3.05, 3.63) is 35.6 Å². The van der Waals surface area contributed by atoms with Crippen LogP contribution < -0.4 is 5.32 Å². The van der Waals surface area contributed by atoms with Gasteiger partial charge in [0.1, 0.15) is 11.9 Å². The van der Waals surface area contributed by atoms with Crippen molar-refractivity contribution >= 4 is 5.91 Å². The highest BCUT2D eigenvalue weighted by atomic mass is 19.1. The fourth-order valence-electron chi connectivity index (χ4n) is 3.13. The molecular weight excluding hydrogens is 299 g/mol. The Morgan fingerprint density at radius 2 is 2.22 bits per heavy atom. The zero-order valence-corrected chi connectivity index (χ0v) is 13.2. The third kappa shape index (κ3) is 4.07. The number of halogens is 1. The molecule has 2 heterocycles. The van der Waals surface area contributed by atoms with Crippen LogP contribution in [0.1, 0.15) is 30.9 Å². The maximum Gasteiger partial charge on any atom is 0.242 e. The first kappa shape index (κ1) is 16.4. The van der Waals surface area contributed by atoms with Crippen LogP contribution in [0.15, 0.2) is 24.3 Å². The van der Waals surface area contributed by atoms with Gasteiger partial charge in [-0.2, -0.15) is 0 Å². The van der Waals surface area contributed by atoms with Crippen molar-refractivity contribution in [1.82, 2.24) is 10.2 Å². The topological polar surface area (TPSA) is 50.8 Å². The van der Waals surface area contributed by atoms with Gasteiger partial charge in [-0.25, -0.2) is 4.39 Å². The molecule has 5 nitrogen and oxygen atoms in total. The van der Waals surface area contributed by atoms with Gasteiger partial charge >= 0.3 is 0 Å². The molecule has 1 aromatic carbocycles. The molecule has 0 spiro atoms. The fourth-order valence-corrected chi connectivity index (χ4v) is 3.13. The molecule has 3 rings (SSSR count). The maximum atomic E-state index is 14.1. The highest BCUT2D eigenvalue weighted by Crippen LogP contribution is 2.25. The van der Waals surface area contributed by atoms with Crippen LogP contribution in [0.25, 0.3) is 0 Å². The van der Waals surface area contributed by atoms with Gasteiger partial charge in [0, 0.05) is 31.8 Å². The van der Waals surface area contributed by atoms with E-state index < -0.39 is 6.04 Å². The number of rotatable bonds is 5. The van der Waals surface area contributed by atoms with Crippen molar-refractivity contribution in [2.45, 2.75) is 31.6 Å². The number of carbonyl (C=O) groups excluding carboxylic acids is 1. The highest BCUT2D eigenvalue weighted by Gasteiger charge is 2.32. The Bertz CT molecular complexity index is 534. The minimum absolute atomic E-state index is 0.144. The lowest BCUT2D eigenvalue weighted by molar-refractivity contribution is -0.165. The first-order valence-corrected chi connectivity index (χ1v) is 8.25. The van der Waals surface area contributed by atoms with E-state index in [9.17, 15) is 9.18 Å². The van der Waals surface area contributed by atoms with Gasteiger partial charge in [-0.1, -0.05) is 18.2 Å². The van der Waals surface area contributed by atoms with Crippen LogP contribution in [0.5, 0.6) is 0 Å². The van der Waals surface area contributed by atoms with Crippen molar-refractivity contribution in [3.63, 3.8) is 0 Å². The molecule has 2 aliphatic heterocycles. The second kappa shape index (κ2) is 7.86. The van der Waals surface area contributed by atoms with Crippen molar-refractivity contribution in [2.75, 3.05) is 32.8 Å². The zero-order valence-electron chi connectivity index (χ0n) is 13.2. The van der Waals surface area contributed by atoms with E-state index in [0.29, 0.717) is 31.8 Å². The third-order valence-corrected chi connectivity index (χ3v) is 4.33. The van der Waals surface area contributed by atoms with Gasteiger partial charge in [0.25, 0.3) is 0 Å². The molecule has 0 aromatic heterocycles. The van der Waals surface area contributed by atoms with Crippen LogP contribution >= 0.6 is 0 Å². The average molecular weight is 322 g/mol. The molecule has 1 aromatic rings. The summed E-state index contributed by atoms with van der Waals surface area (Å²) in [6.07, 6.45) is 2.97. The Morgan fingerprint density at radius 1 is 1.35 bits per heavy atom. The van der Waals surface area contributed by atoms with E-state index in [4.69, 9.17) is 9.47 Å². The van der Waals surface area contributed by atoms with E-state index in [0.717, 1.165) is 25.9 Å². The van der Waals surface area contributed by atoms with E-state index in [-0.39, 0.29) is 18.0 Å². The predicted octanol–water partition coefficient (Wildman–Crippen LogP) is 1.84. The molecular formula is C17H23FN2O3. The van der Waals surface area contributed by atoms with E-state index in [1.807, 2.05) is 4.90 Å². The number of ether oxygens (including phenoxy) is 2. The van der Waals surface area contributed by atoms with Crippen molar-refractivity contribution in [3.8, 4) is 0 Å². The summed E-state index contributed by atoms with van der Waals surface area (Å²) in [7, 11) is 0. The number of nitrogens with one attached hydrogen (secondary N) is 1. The molecule has 1 N–H and O–H groups in total. The minimum atomic E-state index is -0.596. The second-order valence-electron chi connectivity index (χ2n) is 5.92. The first-order valence-electron chi connectivity index (χ1n) is 8.25. The molecule has 1 amide bonds. The first-order chi connectivity index (χ1) is 11.3. The molecule has 2 saturated heterocycles. The van der Waals surface area contributed by atoms with E-state index in [2.05, 4.69) is 5.32 Å². The zero-order chi connectivity index (χ0) is 16.1. The molecule has 2 atom stereocenters. The third-order valence-electron chi connectivity index (χ3n) is 4.33. The average Bonchev–Trinajstić information content (AvgIpc) is 2.57. The van der Waals surface area contributed by atoms with Crippen molar-refractivity contribution < 1.29 is 18.7 Å². The van der Waals surface area contributed by atoms with Crippen molar-refractivity contribution in [2.24, 2.45) is 0 Å². The number of nitrogens with zero attached hydrogens (tertiary/aromatic N) is 1. The van der Waals surface area contributed by atoms with Gasteiger partial charge in [0.05, 0.1) is 6.61 Å². The smallest absolute Gasteiger partial charge is 0.242 e. The minimum Gasteiger partial charge on any atom is -0.353 e. The van der Waals surface area contributed by atoms with Crippen LogP contribution in [0.3, 0.4) is 0 Å². The maximum absolute atomic E-state index is 14.1. The summed E-state index contributed by atoms with van der Waals surface area (Å²) >= 11 is 0. The summed E-state index contributed by atoms with van der Waals surface area (Å²) in [6, 6.07) is 5.85. The van der Waals surface area contributed by atoms with Crippen LogP contribution in [-0.2, 0) is 14.3 Å². The Hall–Kier alpha value is -1.50. The Kier molecular flexibility index (Phi) is 5.59. The standard InChI is InChI=1S/C17H23FN2O3/c18-14-6-2-1-5-13(14)16-17(21)19-8-9-20(16)10-12-23-15-7-3-4-11-22-15/h1-2,5-6,15-16H,3-4,7-12H2,(H,19,21)/t15-,16-/m1/s1. The van der Waals surface area contributed by atoms with Gasteiger partial charge in [-0.05, 0) is 25.3 Å². The molecule has 126 valence electrons. The van der Waals surface area contributed by atoms with Gasteiger partial charge in [0.2, 0.25) is 5.91 Å². The number of benzene rings is 1. The van der Waals surface area contributed by atoms with Crippen LogP contribution in [0, 0.1) is 5.82 Å². The summed E-state index contributed by atoms with van der Waals surface area (Å²) in [4.78, 5) is 14.2.